The van der Waals surface area contributed by atoms with E-state index in [9.17, 15) is 4.39 Å². The maximum Gasteiger partial charge on any atom is 0.123 e. The van der Waals surface area contributed by atoms with Crippen LogP contribution in [0.15, 0.2) is 42.5 Å². The van der Waals surface area contributed by atoms with Crippen LogP contribution in [0.25, 0.3) is 0 Å². The number of halogens is 3. The fraction of sp³-hybridized carbons (Fsp3) is 0.478. The van der Waals surface area contributed by atoms with Gasteiger partial charge >= 0.3 is 0 Å². The third-order valence-corrected chi connectivity index (χ3v) is 7.21. The van der Waals surface area contributed by atoms with Gasteiger partial charge in [-0.3, -0.25) is 0 Å². The van der Waals surface area contributed by atoms with Crippen molar-refractivity contribution in [3.05, 3.63) is 69.5 Å². The molecule has 4 rings (SSSR count). The first-order valence-corrected chi connectivity index (χ1v) is 10.5. The van der Waals surface area contributed by atoms with Gasteiger partial charge in [0.05, 0.1) is 0 Å². The number of rotatable bonds is 4. The van der Waals surface area contributed by atoms with Crippen molar-refractivity contribution in [3.8, 4) is 0 Å². The van der Waals surface area contributed by atoms with Gasteiger partial charge in [-0.15, -0.1) is 0 Å². The predicted octanol–water partition coefficient (Wildman–Crippen LogP) is 6.54. The predicted molar refractivity (Wildman–Crippen MR) is 111 cm³/mol. The molecule has 1 saturated heterocycles. The van der Waals surface area contributed by atoms with Gasteiger partial charge in [0.25, 0.3) is 0 Å². The molecule has 0 N–H and O–H groups in total. The summed E-state index contributed by atoms with van der Waals surface area (Å²) in [5, 5.41) is 1.45. The average molecular weight is 406 g/mol. The Kier molecular flexibility index (Phi) is 5.26. The first-order valence-electron chi connectivity index (χ1n) is 9.77. The summed E-state index contributed by atoms with van der Waals surface area (Å²) in [6.07, 6.45) is 2.38. The minimum absolute atomic E-state index is 0.151. The van der Waals surface area contributed by atoms with Crippen LogP contribution >= 0.6 is 23.2 Å². The molecule has 1 aliphatic carbocycles. The molecule has 2 aliphatic rings. The second-order valence-corrected chi connectivity index (χ2v) is 9.63. The molecule has 4 heteroatoms. The Labute approximate surface area is 171 Å². The number of fused-ring (bicyclic) bond motifs is 1. The molecule has 0 spiro atoms. The smallest absolute Gasteiger partial charge is 0.123 e. The molecule has 0 aromatic heterocycles. The molecule has 0 bridgehead atoms. The molecule has 2 fully saturated rings. The lowest BCUT2D eigenvalue weighted by atomic mass is 9.79. The van der Waals surface area contributed by atoms with Gasteiger partial charge in [-0.1, -0.05) is 55.2 Å². The maximum absolute atomic E-state index is 13.3. The minimum Gasteiger partial charge on any atom is -0.302 e. The van der Waals surface area contributed by atoms with Gasteiger partial charge < -0.3 is 4.90 Å². The zero-order chi connectivity index (χ0) is 19.2. The molecule has 0 amide bonds. The molecule has 2 aromatic rings. The lowest BCUT2D eigenvalue weighted by Gasteiger charge is -2.29. The fourth-order valence-corrected chi connectivity index (χ4v) is 5.96. The van der Waals surface area contributed by atoms with E-state index in [0.717, 1.165) is 36.5 Å². The van der Waals surface area contributed by atoms with E-state index < -0.39 is 0 Å². The average Bonchev–Trinajstić information content (AvgIpc) is 3.10. The van der Waals surface area contributed by atoms with Crippen molar-refractivity contribution in [2.24, 2.45) is 11.8 Å². The SMILES string of the molecule is CC(CN1C[C@@H]2C[C@@](C)(c3ccc(F)cc3)C[C@@H]2C1)c1ccc(Cl)cc1Cl. The third-order valence-electron chi connectivity index (χ3n) is 6.64. The van der Waals surface area contributed by atoms with Gasteiger partial charge in [0, 0.05) is 29.7 Å². The Morgan fingerprint density at radius 2 is 1.70 bits per heavy atom. The molecule has 4 atom stereocenters. The molecule has 1 unspecified atom stereocenters. The van der Waals surface area contributed by atoms with Crippen molar-refractivity contribution in [1.82, 2.24) is 4.90 Å². The molecule has 1 aliphatic heterocycles. The number of benzene rings is 2. The molecule has 1 saturated carbocycles. The van der Waals surface area contributed by atoms with E-state index in [2.05, 4.69) is 24.8 Å². The second-order valence-electron chi connectivity index (χ2n) is 8.78. The highest BCUT2D eigenvalue weighted by molar-refractivity contribution is 6.35. The Morgan fingerprint density at radius 3 is 2.30 bits per heavy atom. The van der Waals surface area contributed by atoms with Crippen LogP contribution in [0.1, 0.15) is 43.7 Å². The zero-order valence-corrected chi connectivity index (χ0v) is 17.4. The van der Waals surface area contributed by atoms with Crippen LogP contribution in [0.4, 0.5) is 4.39 Å². The van der Waals surface area contributed by atoms with Gasteiger partial charge in [-0.25, -0.2) is 4.39 Å². The van der Waals surface area contributed by atoms with E-state index in [1.807, 2.05) is 24.3 Å². The highest BCUT2D eigenvalue weighted by Crippen LogP contribution is 2.50. The summed E-state index contributed by atoms with van der Waals surface area (Å²) < 4.78 is 13.3. The molecular weight excluding hydrogens is 380 g/mol. The van der Waals surface area contributed by atoms with Crippen molar-refractivity contribution in [1.29, 1.82) is 0 Å². The third kappa shape index (κ3) is 3.90. The second kappa shape index (κ2) is 7.39. The van der Waals surface area contributed by atoms with Crippen LogP contribution in [-0.4, -0.2) is 24.5 Å². The summed E-state index contributed by atoms with van der Waals surface area (Å²) in [5.74, 6) is 1.69. The summed E-state index contributed by atoms with van der Waals surface area (Å²) in [5.41, 5.74) is 2.64. The van der Waals surface area contributed by atoms with Gasteiger partial charge in [0.15, 0.2) is 0 Å². The zero-order valence-electron chi connectivity index (χ0n) is 15.9. The Bertz CT molecular complexity index is 806. The van der Waals surface area contributed by atoms with Crippen molar-refractivity contribution < 1.29 is 4.39 Å². The highest BCUT2D eigenvalue weighted by Gasteiger charge is 2.47. The van der Waals surface area contributed by atoms with Crippen LogP contribution in [0.3, 0.4) is 0 Å². The summed E-state index contributed by atoms with van der Waals surface area (Å²) in [6, 6.07) is 12.9. The van der Waals surface area contributed by atoms with Crippen LogP contribution in [0.5, 0.6) is 0 Å². The molecular formula is C23H26Cl2FN. The summed E-state index contributed by atoms with van der Waals surface area (Å²) >= 11 is 12.4. The highest BCUT2D eigenvalue weighted by atomic mass is 35.5. The van der Waals surface area contributed by atoms with Gasteiger partial charge in [-0.05, 0) is 71.4 Å². The summed E-state index contributed by atoms with van der Waals surface area (Å²) in [6.45, 7) is 7.92. The van der Waals surface area contributed by atoms with Crippen LogP contribution < -0.4 is 0 Å². The van der Waals surface area contributed by atoms with Crippen LogP contribution in [0.2, 0.25) is 10.0 Å². The Morgan fingerprint density at radius 1 is 1.07 bits per heavy atom. The van der Waals surface area contributed by atoms with Crippen LogP contribution in [0, 0.1) is 17.7 Å². The van der Waals surface area contributed by atoms with Crippen molar-refractivity contribution in [2.45, 2.75) is 38.0 Å². The molecule has 27 heavy (non-hydrogen) atoms. The first-order chi connectivity index (χ1) is 12.8. The van der Waals surface area contributed by atoms with Gasteiger partial charge in [-0.2, -0.15) is 0 Å². The van der Waals surface area contributed by atoms with Crippen LogP contribution in [-0.2, 0) is 5.41 Å². The maximum atomic E-state index is 13.3. The van der Waals surface area contributed by atoms with E-state index in [1.54, 1.807) is 12.1 Å². The van der Waals surface area contributed by atoms with E-state index >= 15 is 0 Å². The van der Waals surface area contributed by atoms with Gasteiger partial charge in [0.2, 0.25) is 0 Å². The number of hydrogen-bond donors (Lipinski definition) is 0. The van der Waals surface area contributed by atoms with Crippen molar-refractivity contribution in [2.75, 3.05) is 19.6 Å². The Hall–Kier alpha value is -1.09. The first kappa shape index (κ1) is 19.2. The molecule has 144 valence electrons. The van der Waals surface area contributed by atoms with E-state index in [-0.39, 0.29) is 11.2 Å². The number of likely N-dealkylation sites (tertiary alicyclic amines) is 1. The van der Waals surface area contributed by atoms with E-state index in [1.165, 1.54) is 24.0 Å². The quantitative estimate of drug-likeness (QED) is 0.558. The number of hydrogen-bond acceptors (Lipinski definition) is 1. The topological polar surface area (TPSA) is 3.24 Å². The van der Waals surface area contributed by atoms with Crippen molar-refractivity contribution in [3.63, 3.8) is 0 Å². The molecule has 1 heterocycles. The number of nitrogens with zero attached hydrogens (tertiary/aromatic N) is 1. The lowest BCUT2D eigenvalue weighted by Crippen LogP contribution is -2.29. The minimum atomic E-state index is -0.151. The largest absolute Gasteiger partial charge is 0.302 e. The van der Waals surface area contributed by atoms with Crippen molar-refractivity contribution >= 4 is 23.2 Å². The standard InChI is InChI=1S/C23H26Cl2FN/c1-15(21-8-5-19(24)9-22(21)25)12-27-13-16-10-23(2,11-17(16)14-27)18-3-6-20(26)7-4-18/h3-9,15-17H,10-14H2,1-2H3/t15?,16-,17+,23+. The summed E-state index contributed by atoms with van der Waals surface area (Å²) in [7, 11) is 0. The Balaban J connectivity index is 1.39. The molecule has 1 nitrogen and oxygen atoms in total. The summed E-state index contributed by atoms with van der Waals surface area (Å²) in [4.78, 5) is 2.59. The molecule has 2 aromatic carbocycles. The normalized spacial score (nSPS) is 29.1. The fourth-order valence-electron chi connectivity index (χ4n) is 5.36. The van der Waals surface area contributed by atoms with E-state index in [4.69, 9.17) is 23.2 Å². The monoisotopic (exact) mass is 405 g/mol. The van der Waals surface area contributed by atoms with Gasteiger partial charge in [0.1, 0.15) is 5.82 Å². The van der Waals surface area contributed by atoms with E-state index in [0.29, 0.717) is 10.9 Å². The lowest BCUT2D eigenvalue weighted by molar-refractivity contribution is 0.278. The molecule has 0 radical (unpaired) electrons.